The normalized spacial score (nSPS) is 17.2. The minimum absolute atomic E-state index is 0.189. The molecule has 0 aliphatic heterocycles. The molecule has 0 bridgehead atoms. The summed E-state index contributed by atoms with van der Waals surface area (Å²) in [6, 6.07) is 0. The predicted octanol–water partition coefficient (Wildman–Crippen LogP) is 2.08. The summed E-state index contributed by atoms with van der Waals surface area (Å²) in [5, 5.41) is 0. The zero-order valence-corrected chi connectivity index (χ0v) is 11.9. The highest BCUT2D eigenvalue weighted by atomic mass is 16.5. The summed E-state index contributed by atoms with van der Waals surface area (Å²) in [4.78, 5) is 25.6. The number of nitrogens with zero attached hydrogens (tertiary/aromatic N) is 1. The van der Waals surface area contributed by atoms with Crippen LogP contribution in [0.15, 0.2) is 0 Å². The molecule has 1 unspecified atom stereocenters. The Morgan fingerprint density at radius 2 is 1.83 bits per heavy atom. The second kappa shape index (κ2) is 6.76. The fourth-order valence-electron chi connectivity index (χ4n) is 2.21. The third-order valence-electron chi connectivity index (χ3n) is 3.45. The molecule has 0 N–H and O–H groups in total. The first-order valence-corrected chi connectivity index (χ1v) is 6.82. The Morgan fingerprint density at radius 3 is 2.22 bits per heavy atom. The molecule has 0 heterocycles. The summed E-state index contributed by atoms with van der Waals surface area (Å²) < 4.78 is 4.72. The van der Waals surface area contributed by atoms with E-state index in [4.69, 9.17) is 4.74 Å². The first kappa shape index (κ1) is 15.0. The van der Waals surface area contributed by atoms with Crippen LogP contribution in [0.1, 0.15) is 40.0 Å². The molecular formula is C14H25NO3. The molecule has 4 heteroatoms. The number of amides is 1. The van der Waals surface area contributed by atoms with Crippen LogP contribution < -0.4 is 0 Å². The molecule has 1 amide bonds. The standard InChI is InChI=1S/C14H25NO3/c1-10(2)8-15(9-11(3)14(17)18-4)13(16)12-6-5-7-12/h10-12H,5-9H2,1-4H3. The quantitative estimate of drug-likeness (QED) is 0.683. The molecule has 0 saturated heterocycles. The molecule has 0 aromatic rings. The van der Waals surface area contributed by atoms with Crippen LogP contribution in [0.3, 0.4) is 0 Å². The van der Waals surface area contributed by atoms with Gasteiger partial charge in [-0.25, -0.2) is 0 Å². The number of hydrogen-bond acceptors (Lipinski definition) is 3. The Morgan fingerprint density at radius 1 is 1.22 bits per heavy atom. The Labute approximate surface area is 110 Å². The van der Waals surface area contributed by atoms with Crippen molar-refractivity contribution in [3.05, 3.63) is 0 Å². The van der Waals surface area contributed by atoms with Gasteiger partial charge in [-0.3, -0.25) is 9.59 Å². The molecule has 1 fully saturated rings. The van der Waals surface area contributed by atoms with E-state index < -0.39 is 0 Å². The molecule has 1 aliphatic carbocycles. The van der Waals surface area contributed by atoms with E-state index in [-0.39, 0.29) is 23.7 Å². The van der Waals surface area contributed by atoms with Crippen LogP contribution >= 0.6 is 0 Å². The Hall–Kier alpha value is -1.06. The molecule has 1 rings (SSSR count). The number of esters is 1. The Kier molecular flexibility index (Phi) is 5.63. The van der Waals surface area contributed by atoms with E-state index in [9.17, 15) is 9.59 Å². The van der Waals surface area contributed by atoms with E-state index in [0.717, 1.165) is 25.8 Å². The summed E-state index contributed by atoms with van der Waals surface area (Å²) in [5.74, 6) is 0.320. The van der Waals surface area contributed by atoms with Crippen molar-refractivity contribution in [2.24, 2.45) is 17.8 Å². The molecule has 0 aromatic carbocycles. The van der Waals surface area contributed by atoms with Crippen LogP contribution in [0.4, 0.5) is 0 Å². The second-order valence-electron chi connectivity index (χ2n) is 5.69. The van der Waals surface area contributed by atoms with Gasteiger partial charge in [-0.1, -0.05) is 27.2 Å². The van der Waals surface area contributed by atoms with Crippen LogP contribution in [0, 0.1) is 17.8 Å². The lowest BCUT2D eigenvalue weighted by Gasteiger charge is -2.33. The van der Waals surface area contributed by atoms with Crippen LogP contribution in [-0.2, 0) is 14.3 Å². The van der Waals surface area contributed by atoms with Gasteiger partial charge in [0.05, 0.1) is 13.0 Å². The van der Waals surface area contributed by atoms with Gasteiger partial charge in [-0.05, 0) is 18.8 Å². The monoisotopic (exact) mass is 255 g/mol. The summed E-state index contributed by atoms with van der Waals surface area (Å²) in [5.41, 5.74) is 0. The van der Waals surface area contributed by atoms with Crippen LogP contribution in [0.5, 0.6) is 0 Å². The number of carbonyl (C=O) groups is 2. The van der Waals surface area contributed by atoms with Gasteiger partial charge in [0.2, 0.25) is 5.91 Å². The maximum Gasteiger partial charge on any atom is 0.310 e. The van der Waals surface area contributed by atoms with E-state index >= 15 is 0 Å². The summed E-state index contributed by atoms with van der Waals surface area (Å²) >= 11 is 0. The fraction of sp³-hybridized carbons (Fsp3) is 0.857. The molecule has 1 atom stereocenters. The third-order valence-corrected chi connectivity index (χ3v) is 3.45. The van der Waals surface area contributed by atoms with Crippen molar-refractivity contribution in [2.45, 2.75) is 40.0 Å². The maximum atomic E-state index is 12.3. The second-order valence-corrected chi connectivity index (χ2v) is 5.69. The molecular weight excluding hydrogens is 230 g/mol. The first-order chi connectivity index (χ1) is 8.45. The maximum absolute atomic E-state index is 12.3. The van der Waals surface area contributed by atoms with Gasteiger partial charge in [0.1, 0.15) is 0 Å². The highest BCUT2D eigenvalue weighted by Crippen LogP contribution is 2.28. The summed E-state index contributed by atoms with van der Waals surface area (Å²) in [6.07, 6.45) is 3.15. The van der Waals surface area contributed by atoms with Gasteiger partial charge < -0.3 is 9.64 Å². The molecule has 104 valence electrons. The average Bonchev–Trinajstić information content (AvgIpc) is 2.23. The van der Waals surface area contributed by atoms with Crippen LogP contribution in [-0.4, -0.2) is 37.0 Å². The molecule has 18 heavy (non-hydrogen) atoms. The fourth-order valence-corrected chi connectivity index (χ4v) is 2.21. The van der Waals surface area contributed by atoms with Gasteiger partial charge >= 0.3 is 5.97 Å². The minimum Gasteiger partial charge on any atom is -0.469 e. The van der Waals surface area contributed by atoms with Crippen molar-refractivity contribution >= 4 is 11.9 Å². The van der Waals surface area contributed by atoms with E-state index in [1.54, 1.807) is 0 Å². The highest BCUT2D eigenvalue weighted by Gasteiger charge is 2.31. The molecule has 1 aliphatic rings. The number of ether oxygens (including phenoxy) is 1. The van der Waals surface area contributed by atoms with Crippen molar-refractivity contribution < 1.29 is 14.3 Å². The SMILES string of the molecule is COC(=O)C(C)CN(CC(C)C)C(=O)C1CCC1. The van der Waals surface area contributed by atoms with E-state index in [0.29, 0.717) is 12.5 Å². The van der Waals surface area contributed by atoms with Crippen molar-refractivity contribution in [1.82, 2.24) is 4.90 Å². The predicted molar refractivity (Wildman–Crippen MR) is 69.9 cm³/mol. The van der Waals surface area contributed by atoms with Gasteiger partial charge in [-0.15, -0.1) is 0 Å². The summed E-state index contributed by atoms with van der Waals surface area (Å²) in [7, 11) is 1.39. The molecule has 4 nitrogen and oxygen atoms in total. The van der Waals surface area contributed by atoms with E-state index in [2.05, 4.69) is 13.8 Å². The molecule has 0 radical (unpaired) electrons. The number of rotatable bonds is 6. The lowest BCUT2D eigenvalue weighted by Crippen LogP contribution is -2.44. The lowest BCUT2D eigenvalue weighted by molar-refractivity contribution is -0.147. The smallest absolute Gasteiger partial charge is 0.310 e. The minimum atomic E-state index is -0.252. The largest absolute Gasteiger partial charge is 0.469 e. The van der Waals surface area contributed by atoms with Gasteiger partial charge in [0.25, 0.3) is 0 Å². The topological polar surface area (TPSA) is 46.6 Å². The Balaban J connectivity index is 2.59. The Bertz CT molecular complexity index is 297. The van der Waals surface area contributed by atoms with E-state index in [1.807, 2.05) is 11.8 Å². The highest BCUT2D eigenvalue weighted by molar-refractivity contribution is 5.80. The van der Waals surface area contributed by atoms with Crippen molar-refractivity contribution in [3.8, 4) is 0 Å². The molecule has 0 spiro atoms. The van der Waals surface area contributed by atoms with Gasteiger partial charge in [0, 0.05) is 19.0 Å². The van der Waals surface area contributed by atoms with Gasteiger partial charge in [-0.2, -0.15) is 0 Å². The average molecular weight is 255 g/mol. The molecule has 0 aromatic heterocycles. The number of methoxy groups -OCH3 is 1. The van der Waals surface area contributed by atoms with Crippen molar-refractivity contribution in [1.29, 1.82) is 0 Å². The first-order valence-electron chi connectivity index (χ1n) is 6.82. The van der Waals surface area contributed by atoms with Crippen molar-refractivity contribution in [2.75, 3.05) is 20.2 Å². The van der Waals surface area contributed by atoms with Crippen molar-refractivity contribution in [3.63, 3.8) is 0 Å². The zero-order valence-electron chi connectivity index (χ0n) is 11.9. The lowest BCUT2D eigenvalue weighted by atomic mass is 9.84. The molecule has 1 saturated carbocycles. The number of hydrogen-bond donors (Lipinski definition) is 0. The summed E-state index contributed by atoms with van der Waals surface area (Å²) in [6.45, 7) is 7.18. The zero-order chi connectivity index (χ0) is 13.7. The van der Waals surface area contributed by atoms with Crippen LogP contribution in [0.2, 0.25) is 0 Å². The number of carbonyl (C=O) groups excluding carboxylic acids is 2. The van der Waals surface area contributed by atoms with Gasteiger partial charge in [0.15, 0.2) is 0 Å². The van der Waals surface area contributed by atoms with Crippen LogP contribution in [0.25, 0.3) is 0 Å². The van der Waals surface area contributed by atoms with E-state index in [1.165, 1.54) is 7.11 Å². The third kappa shape index (κ3) is 4.00.